The average molecular weight is 431 g/mol. The summed E-state index contributed by atoms with van der Waals surface area (Å²) in [5.41, 5.74) is 2.67. The first-order valence-corrected chi connectivity index (χ1v) is 11.1. The lowest BCUT2D eigenvalue weighted by atomic mass is 9.82. The molecule has 3 aromatic rings. The predicted octanol–water partition coefficient (Wildman–Crippen LogP) is 4.77. The van der Waals surface area contributed by atoms with Crippen LogP contribution in [0.4, 0.5) is 5.82 Å². The zero-order chi connectivity index (χ0) is 20.8. The monoisotopic (exact) mass is 430 g/mol. The summed E-state index contributed by atoms with van der Waals surface area (Å²) in [6.07, 6.45) is 3.52. The van der Waals surface area contributed by atoms with Crippen molar-refractivity contribution in [3.8, 4) is 11.3 Å². The SMILES string of the molecule is CSc1c(C)nc2cc(-c3ccc(Cl)cc3)nn2c1N1CCCC(C)(C(=O)O)C1. The number of hydrogen-bond donors (Lipinski definition) is 1. The molecule has 8 heteroatoms. The van der Waals surface area contributed by atoms with Gasteiger partial charge < -0.3 is 10.0 Å². The number of aryl methyl sites for hydroxylation is 1. The molecule has 152 valence electrons. The number of halogens is 1. The van der Waals surface area contributed by atoms with Gasteiger partial charge >= 0.3 is 5.97 Å². The van der Waals surface area contributed by atoms with E-state index in [-0.39, 0.29) is 0 Å². The summed E-state index contributed by atoms with van der Waals surface area (Å²) in [5.74, 6) is 0.171. The van der Waals surface area contributed by atoms with E-state index in [1.165, 1.54) is 0 Å². The number of carboxylic acid groups (broad SMARTS) is 1. The lowest BCUT2D eigenvalue weighted by Gasteiger charge is -2.39. The molecule has 29 heavy (non-hydrogen) atoms. The van der Waals surface area contributed by atoms with Gasteiger partial charge in [-0.15, -0.1) is 11.8 Å². The number of carbonyl (C=O) groups is 1. The van der Waals surface area contributed by atoms with Crippen molar-refractivity contribution in [1.82, 2.24) is 14.6 Å². The van der Waals surface area contributed by atoms with Crippen molar-refractivity contribution < 1.29 is 9.90 Å². The predicted molar refractivity (Wildman–Crippen MR) is 117 cm³/mol. The zero-order valence-electron chi connectivity index (χ0n) is 16.6. The van der Waals surface area contributed by atoms with E-state index in [0.29, 0.717) is 18.0 Å². The van der Waals surface area contributed by atoms with Gasteiger partial charge in [0.25, 0.3) is 0 Å². The number of aromatic nitrogens is 3. The quantitative estimate of drug-likeness (QED) is 0.601. The Bertz CT molecular complexity index is 1080. The van der Waals surface area contributed by atoms with E-state index in [2.05, 4.69) is 4.90 Å². The molecule has 4 rings (SSSR count). The second-order valence-corrected chi connectivity index (χ2v) is 9.00. The minimum absolute atomic E-state index is 0.449. The fraction of sp³-hybridized carbons (Fsp3) is 0.381. The van der Waals surface area contributed by atoms with Crippen LogP contribution in [-0.4, -0.2) is 45.0 Å². The molecule has 1 fully saturated rings. The fourth-order valence-corrected chi connectivity index (χ4v) is 4.83. The maximum atomic E-state index is 11.9. The minimum Gasteiger partial charge on any atom is -0.481 e. The lowest BCUT2D eigenvalue weighted by Crippen LogP contribution is -2.47. The third-order valence-corrected chi connectivity index (χ3v) is 6.70. The highest BCUT2D eigenvalue weighted by Gasteiger charge is 2.39. The van der Waals surface area contributed by atoms with Crippen LogP contribution in [-0.2, 0) is 4.79 Å². The number of rotatable bonds is 4. The number of piperidine rings is 1. The molecule has 1 aliphatic heterocycles. The molecule has 1 aromatic carbocycles. The molecule has 1 N–H and O–H groups in total. The van der Waals surface area contributed by atoms with Crippen LogP contribution in [0.3, 0.4) is 0 Å². The molecule has 0 radical (unpaired) electrons. The smallest absolute Gasteiger partial charge is 0.311 e. The van der Waals surface area contributed by atoms with E-state index in [9.17, 15) is 9.90 Å². The Labute approximate surface area is 178 Å². The van der Waals surface area contributed by atoms with E-state index in [4.69, 9.17) is 21.7 Å². The van der Waals surface area contributed by atoms with Crippen LogP contribution >= 0.6 is 23.4 Å². The second kappa shape index (κ2) is 7.54. The molecular formula is C21H23ClN4O2S. The molecule has 0 amide bonds. The van der Waals surface area contributed by atoms with Gasteiger partial charge in [0.2, 0.25) is 0 Å². The summed E-state index contributed by atoms with van der Waals surface area (Å²) in [4.78, 5) is 19.8. The first kappa shape index (κ1) is 20.0. The van der Waals surface area contributed by atoms with Gasteiger partial charge in [-0.25, -0.2) is 4.98 Å². The van der Waals surface area contributed by atoms with Crippen LogP contribution in [0.25, 0.3) is 16.9 Å². The van der Waals surface area contributed by atoms with Gasteiger partial charge in [0, 0.05) is 29.7 Å². The van der Waals surface area contributed by atoms with Gasteiger partial charge in [0.15, 0.2) is 5.65 Å². The Morgan fingerprint density at radius 2 is 2.03 bits per heavy atom. The molecule has 6 nitrogen and oxygen atoms in total. The number of aliphatic carboxylic acids is 1. The van der Waals surface area contributed by atoms with Crippen molar-refractivity contribution in [3.05, 3.63) is 41.0 Å². The average Bonchev–Trinajstić information content (AvgIpc) is 3.10. The molecule has 1 saturated heterocycles. The minimum atomic E-state index is -0.774. The third kappa shape index (κ3) is 3.57. The van der Waals surface area contributed by atoms with Crippen LogP contribution in [0, 0.1) is 12.3 Å². The van der Waals surface area contributed by atoms with Crippen molar-refractivity contribution in [2.75, 3.05) is 24.2 Å². The van der Waals surface area contributed by atoms with E-state index in [0.717, 1.165) is 46.3 Å². The first-order valence-electron chi connectivity index (χ1n) is 9.51. The maximum absolute atomic E-state index is 11.9. The van der Waals surface area contributed by atoms with Crippen molar-refractivity contribution >= 4 is 40.8 Å². The molecule has 2 aromatic heterocycles. The third-order valence-electron chi connectivity index (χ3n) is 5.56. The number of fused-ring (bicyclic) bond motifs is 1. The van der Waals surface area contributed by atoms with Gasteiger partial charge in [-0.2, -0.15) is 9.61 Å². The summed E-state index contributed by atoms with van der Waals surface area (Å²) in [7, 11) is 0. The van der Waals surface area contributed by atoms with E-state index < -0.39 is 11.4 Å². The molecule has 0 bridgehead atoms. The molecule has 3 heterocycles. The van der Waals surface area contributed by atoms with Crippen LogP contribution in [0.1, 0.15) is 25.5 Å². The van der Waals surface area contributed by atoms with Gasteiger partial charge in [0.05, 0.1) is 21.7 Å². The van der Waals surface area contributed by atoms with E-state index in [1.807, 2.05) is 55.0 Å². The standard InChI is InChI=1S/C21H23ClN4O2S/c1-13-18(29-3)19(25-10-4-9-21(2,12-25)20(27)28)26-17(23-13)11-16(24-26)14-5-7-15(22)8-6-14/h5-8,11H,4,9-10,12H2,1-3H3,(H,27,28). The van der Waals surface area contributed by atoms with E-state index >= 15 is 0 Å². The van der Waals surface area contributed by atoms with Gasteiger partial charge in [-0.1, -0.05) is 23.7 Å². The molecule has 0 aliphatic carbocycles. The van der Waals surface area contributed by atoms with Gasteiger partial charge in [-0.3, -0.25) is 4.79 Å². The first-order chi connectivity index (χ1) is 13.8. The molecular weight excluding hydrogens is 408 g/mol. The molecule has 1 aliphatic rings. The van der Waals surface area contributed by atoms with Crippen molar-refractivity contribution in [1.29, 1.82) is 0 Å². The van der Waals surface area contributed by atoms with Crippen LogP contribution in [0.15, 0.2) is 35.2 Å². The van der Waals surface area contributed by atoms with Crippen molar-refractivity contribution in [2.24, 2.45) is 5.41 Å². The Morgan fingerprint density at radius 1 is 1.31 bits per heavy atom. The normalized spacial score (nSPS) is 19.7. The van der Waals surface area contributed by atoms with Crippen molar-refractivity contribution in [3.63, 3.8) is 0 Å². The van der Waals surface area contributed by atoms with Crippen LogP contribution in [0.5, 0.6) is 0 Å². The van der Waals surface area contributed by atoms with Gasteiger partial charge in [0.1, 0.15) is 5.82 Å². The number of thioether (sulfide) groups is 1. The summed E-state index contributed by atoms with van der Waals surface area (Å²) >= 11 is 7.64. The number of nitrogens with zero attached hydrogens (tertiary/aromatic N) is 4. The summed E-state index contributed by atoms with van der Waals surface area (Å²) < 4.78 is 1.86. The molecule has 1 atom stereocenters. The summed E-state index contributed by atoms with van der Waals surface area (Å²) in [6.45, 7) is 5.06. The van der Waals surface area contributed by atoms with E-state index in [1.54, 1.807) is 11.8 Å². The van der Waals surface area contributed by atoms with Crippen molar-refractivity contribution in [2.45, 2.75) is 31.6 Å². The number of anilines is 1. The summed E-state index contributed by atoms with van der Waals surface area (Å²) in [5, 5.41) is 15.3. The van der Waals surface area contributed by atoms with Crippen LogP contribution < -0.4 is 4.90 Å². The highest BCUT2D eigenvalue weighted by atomic mass is 35.5. The Morgan fingerprint density at radius 3 is 2.69 bits per heavy atom. The highest BCUT2D eigenvalue weighted by molar-refractivity contribution is 7.98. The van der Waals surface area contributed by atoms with Gasteiger partial charge in [-0.05, 0) is 45.1 Å². The lowest BCUT2D eigenvalue weighted by molar-refractivity contribution is -0.148. The Kier molecular flexibility index (Phi) is 5.21. The Hall–Kier alpha value is -2.25. The summed E-state index contributed by atoms with van der Waals surface area (Å²) in [6, 6.07) is 9.53. The molecule has 1 unspecified atom stereocenters. The molecule has 0 spiro atoms. The van der Waals surface area contributed by atoms with Crippen LogP contribution in [0.2, 0.25) is 5.02 Å². The number of carboxylic acids is 1. The number of benzene rings is 1. The zero-order valence-corrected chi connectivity index (χ0v) is 18.2. The second-order valence-electron chi connectivity index (χ2n) is 7.75. The maximum Gasteiger partial charge on any atom is 0.311 e. The topological polar surface area (TPSA) is 70.7 Å². The number of hydrogen-bond acceptors (Lipinski definition) is 5. The fourth-order valence-electron chi connectivity index (χ4n) is 3.96. The highest BCUT2D eigenvalue weighted by Crippen LogP contribution is 2.38. The largest absolute Gasteiger partial charge is 0.481 e. The molecule has 0 saturated carbocycles. The Balaban J connectivity index is 1.87.